The molecule has 0 aliphatic carbocycles. The maximum Gasteiger partial charge on any atom is 0.416 e. The molecule has 0 amide bonds. The molecule has 1 aromatic heterocycles. The molecule has 2 aliphatic heterocycles. The van der Waals surface area contributed by atoms with Gasteiger partial charge in [-0.15, -0.1) is 0 Å². The number of benzene rings is 1. The number of nitrogens with zero attached hydrogens (tertiary/aromatic N) is 3. The van der Waals surface area contributed by atoms with E-state index in [9.17, 15) is 13.2 Å². The predicted octanol–water partition coefficient (Wildman–Crippen LogP) is 5.53. The summed E-state index contributed by atoms with van der Waals surface area (Å²) in [6.07, 6.45) is 0.748. The Hall–Kier alpha value is -2.03. The second-order valence-corrected chi connectivity index (χ2v) is 8.99. The third-order valence-electron chi connectivity index (χ3n) is 5.82. The van der Waals surface area contributed by atoms with Gasteiger partial charge in [0.2, 0.25) is 5.82 Å². The average Bonchev–Trinajstić information content (AvgIpc) is 3.23. The fourth-order valence-electron chi connectivity index (χ4n) is 4.14. The van der Waals surface area contributed by atoms with Gasteiger partial charge < -0.3 is 10.2 Å². The molecule has 1 aromatic carbocycles. The highest BCUT2D eigenvalue weighted by Gasteiger charge is 2.33. The van der Waals surface area contributed by atoms with E-state index in [0.29, 0.717) is 19.0 Å². The van der Waals surface area contributed by atoms with Gasteiger partial charge in [0.1, 0.15) is 6.33 Å². The van der Waals surface area contributed by atoms with E-state index in [-0.39, 0.29) is 17.7 Å². The molecule has 9 heteroatoms. The number of thioether (sulfide) groups is 1. The smallest absolute Gasteiger partial charge is 0.367 e. The van der Waals surface area contributed by atoms with Crippen LogP contribution in [-0.4, -0.2) is 34.6 Å². The second-order valence-electron chi connectivity index (χ2n) is 7.77. The first-order chi connectivity index (χ1) is 14.4. The number of nitrogens with one attached hydrogen (secondary N) is 1. The quantitative estimate of drug-likeness (QED) is 0.619. The summed E-state index contributed by atoms with van der Waals surface area (Å²) >= 11 is 1.95. The SMILES string of the molecule is Fc1c(NCC2CCSCC2)ncnc1N1CCC[C@@H]1c1ccc(C(F)(F)F)cc1. The summed E-state index contributed by atoms with van der Waals surface area (Å²) < 4.78 is 53.8. The molecule has 2 fully saturated rings. The van der Waals surface area contributed by atoms with Gasteiger partial charge in [-0.2, -0.15) is 29.3 Å². The van der Waals surface area contributed by atoms with Crippen molar-refractivity contribution in [1.82, 2.24) is 9.97 Å². The van der Waals surface area contributed by atoms with Crippen LogP contribution in [0.15, 0.2) is 30.6 Å². The maximum absolute atomic E-state index is 15.2. The van der Waals surface area contributed by atoms with Gasteiger partial charge in [-0.3, -0.25) is 0 Å². The highest BCUT2D eigenvalue weighted by Crippen LogP contribution is 2.38. The highest BCUT2D eigenvalue weighted by atomic mass is 32.2. The lowest BCUT2D eigenvalue weighted by atomic mass is 10.0. The van der Waals surface area contributed by atoms with Crippen LogP contribution in [0.5, 0.6) is 0 Å². The minimum Gasteiger partial charge on any atom is -0.367 e. The molecular formula is C21H24F4N4S. The van der Waals surface area contributed by atoms with E-state index in [1.807, 2.05) is 16.7 Å². The van der Waals surface area contributed by atoms with Crippen molar-refractivity contribution in [2.24, 2.45) is 5.92 Å². The largest absolute Gasteiger partial charge is 0.416 e. The number of alkyl halides is 3. The summed E-state index contributed by atoms with van der Waals surface area (Å²) in [5.74, 6) is 2.67. The van der Waals surface area contributed by atoms with E-state index in [1.54, 1.807) is 0 Å². The van der Waals surface area contributed by atoms with Crippen LogP contribution in [0, 0.1) is 11.7 Å². The molecule has 0 spiro atoms. The number of halogens is 4. The summed E-state index contributed by atoms with van der Waals surface area (Å²) in [4.78, 5) is 10.1. The van der Waals surface area contributed by atoms with Crippen molar-refractivity contribution in [3.63, 3.8) is 0 Å². The molecule has 30 heavy (non-hydrogen) atoms. The number of aromatic nitrogens is 2. The van der Waals surface area contributed by atoms with E-state index in [0.717, 1.165) is 54.9 Å². The standard InChI is InChI=1S/C21H24F4N4S/c22-18-19(26-12-14-7-10-30-11-8-14)27-13-28-20(18)29-9-1-2-17(29)15-3-5-16(6-4-15)21(23,24)25/h3-6,13-14,17H,1-2,7-12H2,(H,26,27,28)/t17-/m1/s1. The molecule has 2 aliphatic rings. The number of anilines is 2. The molecule has 4 rings (SSSR count). The minimum absolute atomic E-state index is 0.191. The van der Waals surface area contributed by atoms with Gasteiger partial charge in [-0.25, -0.2) is 9.97 Å². The van der Waals surface area contributed by atoms with Crippen molar-refractivity contribution in [3.8, 4) is 0 Å². The number of hydrogen-bond donors (Lipinski definition) is 1. The first-order valence-corrected chi connectivity index (χ1v) is 11.3. The van der Waals surface area contributed by atoms with E-state index in [1.165, 1.54) is 18.5 Å². The summed E-state index contributed by atoms with van der Waals surface area (Å²) in [6, 6.07) is 4.91. The normalized spacial score (nSPS) is 20.5. The summed E-state index contributed by atoms with van der Waals surface area (Å²) in [5, 5.41) is 3.14. The molecule has 1 atom stereocenters. The van der Waals surface area contributed by atoms with E-state index in [2.05, 4.69) is 15.3 Å². The van der Waals surface area contributed by atoms with E-state index >= 15 is 4.39 Å². The zero-order valence-corrected chi connectivity index (χ0v) is 17.3. The summed E-state index contributed by atoms with van der Waals surface area (Å²) in [7, 11) is 0. The van der Waals surface area contributed by atoms with Crippen LogP contribution in [0.4, 0.5) is 29.2 Å². The van der Waals surface area contributed by atoms with Crippen molar-refractivity contribution >= 4 is 23.4 Å². The molecule has 0 saturated carbocycles. The van der Waals surface area contributed by atoms with Crippen molar-refractivity contribution in [3.05, 3.63) is 47.5 Å². The first kappa shape index (κ1) is 21.2. The van der Waals surface area contributed by atoms with Crippen LogP contribution in [0.1, 0.15) is 42.9 Å². The Kier molecular flexibility index (Phi) is 6.36. The van der Waals surface area contributed by atoms with Crippen LogP contribution in [0.2, 0.25) is 0 Å². The lowest BCUT2D eigenvalue weighted by Gasteiger charge is -2.27. The number of hydrogen-bond acceptors (Lipinski definition) is 5. The van der Waals surface area contributed by atoms with Crippen molar-refractivity contribution < 1.29 is 17.6 Å². The van der Waals surface area contributed by atoms with Crippen LogP contribution in [0.3, 0.4) is 0 Å². The van der Waals surface area contributed by atoms with Gasteiger partial charge in [0.15, 0.2) is 11.6 Å². The molecule has 0 bridgehead atoms. The monoisotopic (exact) mass is 440 g/mol. The predicted molar refractivity (Wildman–Crippen MR) is 111 cm³/mol. The molecule has 4 nitrogen and oxygen atoms in total. The summed E-state index contributed by atoms with van der Waals surface area (Å²) in [6.45, 7) is 1.27. The van der Waals surface area contributed by atoms with E-state index < -0.39 is 17.6 Å². The fraction of sp³-hybridized carbons (Fsp3) is 0.524. The Labute approximate surface area is 177 Å². The molecule has 0 radical (unpaired) electrons. The van der Waals surface area contributed by atoms with Crippen LogP contribution in [-0.2, 0) is 6.18 Å². The van der Waals surface area contributed by atoms with Gasteiger partial charge in [-0.1, -0.05) is 12.1 Å². The Morgan fingerprint density at radius 1 is 1.07 bits per heavy atom. The van der Waals surface area contributed by atoms with E-state index in [4.69, 9.17) is 0 Å². The van der Waals surface area contributed by atoms with Crippen LogP contribution in [0.25, 0.3) is 0 Å². The fourth-order valence-corrected chi connectivity index (χ4v) is 5.34. The Morgan fingerprint density at radius 2 is 1.80 bits per heavy atom. The van der Waals surface area contributed by atoms with Gasteiger partial charge in [0.05, 0.1) is 11.6 Å². The minimum atomic E-state index is -4.37. The zero-order valence-electron chi connectivity index (χ0n) is 16.5. The first-order valence-electron chi connectivity index (χ1n) is 10.2. The summed E-state index contributed by atoms with van der Waals surface area (Å²) in [5.41, 5.74) is 0.0457. The van der Waals surface area contributed by atoms with Gasteiger partial charge in [0, 0.05) is 13.1 Å². The molecule has 3 heterocycles. The lowest BCUT2D eigenvalue weighted by Crippen LogP contribution is -2.26. The highest BCUT2D eigenvalue weighted by molar-refractivity contribution is 7.99. The van der Waals surface area contributed by atoms with Crippen molar-refractivity contribution in [2.45, 2.75) is 37.9 Å². The Balaban J connectivity index is 1.51. The molecule has 2 saturated heterocycles. The maximum atomic E-state index is 15.2. The van der Waals surface area contributed by atoms with Crippen molar-refractivity contribution in [1.29, 1.82) is 0 Å². The van der Waals surface area contributed by atoms with Gasteiger partial charge in [0.25, 0.3) is 0 Å². The Bertz CT molecular complexity index is 853. The zero-order chi connectivity index (χ0) is 21.1. The molecule has 1 N–H and O–H groups in total. The third kappa shape index (κ3) is 4.66. The molecule has 0 unspecified atom stereocenters. The Morgan fingerprint density at radius 3 is 2.50 bits per heavy atom. The van der Waals surface area contributed by atoms with Crippen LogP contribution < -0.4 is 10.2 Å². The topological polar surface area (TPSA) is 41.1 Å². The molecule has 162 valence electrons. The van der Waals surface area contributed by atoms with Crippen molar-refractivity contribution in [2.75, 3.05) is 34.8 Å². The molecular weight excluding hydrogens is 416 g/mol. The lowest BCUT2D eigenvalue weighted by molar-refractivity contribution is -0.137. The second kappa shape index (κ2) is 8.99. The average molecular weight is 441 g/mol. The van der Waals surface area contributed by atoms with Gasteiger partial charge >= 0.3 is 6.18 Å². The number of rotatable bonds is 5. The van der Waals surface area contributed by atoms with Gasteiger partial charge in [-0.05, 0) is 60.8 Å². The third-order valence-corrected chi connectivity index (χ3v) is 6.87. The molecule has 2 aromatic rings. The van der Waals surface area contributed by atoms with Crippen LogP contribution >= 0.6 is 11.8 Å².